The van der Waals surface area contributed by atoms with Gasteiger partial charge in [0.2, 0.25) is 5.91 Å². The number of rotatable bonds is 7. The predicted molar refractivity (Wildman–Crippen MR) is 110 cm³/mol. The summed E-state index contributed by atoms with van der Waals surface area (Å²) in [6.07, 6.45) is 6.10. The molecule has 0 bridgehead atoms. The second kappa shape index (κ2) is 9.37. The SMILES string of the molecule is C=CCn1c(SC(C)C(=O)NC2CCC(C)CC2)nnc1-c1ccccc1F. The van der Waals surface area contributed by atoms with Gasteiger partial charge in [-0.15, -0.1) is 16.8 Å². The number of carbonyl (C=O) groups is 1. The highest BCUT2D eigenvalue weighted by atomic mass is 32.2. The molecule has 2 aromatic rings. The number of amides is 1. The highest BCUT2D eigenvalue weighted by Gasteiger charge is 2.25. The number of nitrogens with one attached hydrogen (secondary N) is 1. The Morgan fingerprint density at radius 2 is 2.07 bits per heavy atom. The lowest BCUT2D eigenvalue weighted by atomic mass is 9.87. The van der Waals surface area contributed by atoms with E-state index >= 15 is 0 Å². The van der Waals surface area contributed by atoms with E-state index in [9.17, 15) is 9.18 Å². The number of thioether (sulfide) groups is 1. The molecule has 1 N–H and O–H groups in total. The topological polar surface area (TPSA) is 59.8 Å². The third-order valence-corrected chi connectivity index (χ3v) is 6.24. The molecule has 1 atom stereocenters. The minimum atomic E-state index is -0.353. The van der Waals surface area contributed by atoms with Crippen LogP contribution in [0.2, 0.25) is 0 Å². The van der Waals surface area contributed by atoms with Crippen molar-refractivity contribution in [1.82, 2.24) is 20.1 Å². The zero-order chi connectivity index (χ0) is 20.1. The Bertz CT molecular complexity index is 830. The summed E-state index contributed by atoms with van der Waals surface area (Å²) < 4.78 is 16.0. The van der Waals surface area contributed by atoms with Crippen LogP contribution in [0.3, 0.4) is 0 Å². The van der Waals surface area contributed by atoms with Gasteiger partial charge in [-0.3, -0.25) is 9.36 Å². The standard InChI is InChI=1S/C21H27FN4OS/c1-4-13-26-19(17-7-5-6-8-18(17)22)24-25-21(26)28-15(3)20(27)23-16-11-9-14(2)10-12-16/h4-8,14-16H,1,9-13H2,2-3H3,(H,23,27). The van der Waals surface area contributed by atoms with E-state index in [4.69, 9.17) is 0 Å². The molecule has 0 aliphatic heterocycles. The van der Waals surface area contributed by atoms with Gasteiger partial charge >= 0.3 is 0 Å². The van der Waals surface area contributed by atoms with Gasteiger partial charge in [-0.25, -0.2) is 4.39 Å². The van der Waals surface area contributed by atoms with Crippen LogP contribution in [0.5, 0.6) is 0 Å². The first-order chi connectivity index (χ1) is 13.5. The molecule has 0 radical (unpaired) electrons. The van der Waals surface area contributed by atoms with Crippen molar-refractivity contribution in [3.05, 3.63) is 42.7 Å². The third kappa shape index (κ3) is 4.82. The number of hydrogen-bond acceptors (Lipinski definition) is 4. The Hall–Kier alpha value is -2.15. The van der Waals surface area contributed by atoms with E-state index in [2.05, 4.69) is 29.0 Å². The van der Waals surface area contributed by atoms with Crippen LogP contribution < -0.4 is 5.32 Å². The van der Waals surface area contributed by atoms with Crippen LogP contribution >= 0.6 is 11.8 Å². The molecule has 1 amide bonds. The van der Waals surface area contributed by atoms with E-state index in [1.807, 2.05) is 6.92 Å². The first-order valence-corrected chi connectivity index (χ1v) is 10.6. The molecule has 3 rings (SSSR count). The van der Waals surface area contributed by atoms with Crippen molar-refractivity contribution in [2.45, 2.75) is 62.5 Å². The van der Waals surface area contributed by atoms with Crippen molar-refractivity contribution >= 4 is 17.7 Å². The summed E-state index contributed by atoms with van der Waals surface area (Å²) in [4.78, 5) is 12.6. The van der Waals surface area contributed by atoms with Crippen molar-refractivity contribution in [2.24, 2.45) is 5.92 Å². The summed E-state index contributed by atoms with van der Waals surface area (Å²) in [6.45, 7) is 8.33. The van der Waals surface area contributed by atoms with Gasteiger partial charge < -0.3 is 5.32 Å². The molecule has 28 heavy (non-hydrogen) atoms. The quantitative estimate of drug-likeness (QED) is 0.549. The fraction of sp³-hybridized carbons (Fsp3) is 0.476. The molecule has 0 spiro atoms. The van der Waals surface area contributed by atoms with E-state index in [0.717, 1.165) is 31.6 Å². The molecule has 7 heteroatoms. The average Bonchev–Trinajstić information content (AvgIpc) is 3.06. The number of carbonyl (C=O) groups excluding carboxylic acids is 1. The van der Waals surface area contributed by atoms with Gasteiger partial charge in [0.15, 0.2) is 11.0 Å². The van der Waals surface area contributed by atoms with Gasteiger partial charge in [0.05, 0.1) is 10.8 Å². The fourth-order valence-corrected chi connectivity index (χ4v) is 4.31. The zero-order valence-corrected chi connectivity index (χ0v) is 17.2. The van der Waals surface area contributed by atoms with Crippen LogP contribution in [-0.4, -0.2) is 32.0 Å². The molecule has 5 nitrogen and oxygen atoms in total. The molecule has 1 aliphatic carbocycles. The highest BCUT2D eigenvalue weighted by Crippen LogP contribution is 2.29. The third-order valence-electron chi connectivity index (χ3n) is 5.16. The van der Waals surface area contributed by atoms with Crippen molar-refractivity contribution < 1.29 is 9.18 Å². The Morgan fingerprint density at radius 3 is 2.75 bits per heavy atom. The Kier molecular flexibility index (Phi) is 6.88. The van der Waals surface area contributed by atoms with Crippen LogP contribution in [0, 0.1) is 11.7 Å². The van der Waals surface area contributed by atoms with E-state index < -0.39 is 0 Å². The van der Waals surface area contributed by atoms with Crippen LogP contribution in [-0.2, 0) is 11.3 Å². The van der Waals surface area contributed by atoms with E-state index in [-0.39, 0.29) is 23.0 Å². The van der Waals surface area contributed by atoms with Crippen LogP contribution in [0.25, 0.3) is 11.4 Å². The highest BCUT2D eigenvalue weighted by molar-refractivity contribution is 8.00. The molecular formula is C21H27FN4OS. The molecule has 1 fully saturated rings. The summed E-state index contributed by atoms with van der Waals surface area (Å²) in [6, 6.07) is 6.73. The minimum absolute atomic E-state index is 0.00477. The predicted octanol–water partition coefficient (Wildman–Crippen LogP) is 4.45. The number of hydrogen-bond donors (Lipinski definition) is 1. The smallest absolute Gasteiger partial charge is 0.233 e. The molecule has 1 aliphatic rings. The molecule has 1 aromatic heterocycles. The molecule has 1 aromatic carbocycles. The lowest BCUT2D eigenvalue weighted by molar-refractivity contribution is -0.121. The molecule has 1 saturated carbocycles. The van der Waals surface area contributed by atoms with E-state index in [1.54, 1.807) is 28.8 Å². The van der Waals surface area contributed by atoms with Gasteiger partial charge in [0.25, 0.3) is 0 Å². The lowest BCUT2D eigenvalue weighted by Crippen LogP contribution is -2.41. The van der Waals surface area contributed by atoms with E-state index in [1.165, 1.54) is 17.8 Å². The van der Waals surface area contributed by atoms with Crippen molar-refractivity contribution in [3.8, 4) is 11.4 Å². The Morgan fingerprint density at radius 1 is 1.36 bits per heavy atom. The monoisotopic (exact) mass is 402 g/mol. The van der Waals surface area contributed by atoms with Gasteiger partial charge in [-0.1, -0.05) is 36.9 Å². The number of nitrogens with zero attached hydrogens (tertiary/aromatic N) is 3. The van der Waals surface area contributed by atoms with E-state index in [0.29, 0.717) is 23.1 Å². The first-order valence-electron chi connectivity index (χ1n) is 9.75. The molecule has 150 valence electrons. The van der Waals surface area contributed by atoms with Crippen molar-refractivity contribution in [2.75, 3.05) is 0 Å². The van der Waals surface area contributed by atoms with Crippen LogP contribution in [0.15, 0.2) is 42.1 Å². The largest absolute Gasteiger partial charge is 0.352 e. The molecule has 1 unspecified atom stereocenters. The number of halogens is 1. The van der Waals surface area contributed by atoms with Gasteiger partial charge in [0.1, 0.15) is 5.82 Å². The summed E-state index contributed by atoms with van der Waals surface area (Å²) in [5.41, 5.74) is 0.386. The molecule has 1 heterocycles. The van der Waals surface area contributed by atoms with Gasteiger partial charge in [0, 0.05) is 12.6 Å². The Balaban J connectivity index is 1.72. The average molecular weight is 403 g/mol. The number of benzene rings is 1. The maximum Gasteiger partial charge on any atom is 0.233 e. The van der Waals surface area contributed by atoms with Gasteiger partial charge in [-0.2, -0.15) is 0 Å². The van der Waals surface area contributed by atoms with Crippen molar-refractivity contribution in [3.63, 3.8) is 0 Å². The lowest BCUT2D eigenvalue weighted by Gasteiger charge is -2.27. The summed E-state index contributed by atoms with van der Waals surface area (Å²) in [7, 11) is 0. The zero-order valence-electron chi connectivity index (χ0n) is 16.4. The number of aromatic nitrogens is 3. The maximum absolute atomic E-state index is 14.2. The summed E-state index contributed by atoms with van der Waals surface area (Å²) >= 11 is 1.34. The maximum atomic E-state index is 14.2. The van der Waals surface area contributed by atoms with Crippen LogP contribution in [0.4, 0.5) is 4.39 Å². The van der Waals surface area contributed by atoms with Crippen molar-refractivity contribution in [1.29, 1.82) is 0 Å². The van der Waals surface area contributed by atoms with Gasteiger partial charge in [-0.05, 0) is 50.7 Å². The summed E-state index contributed by atoms with van der Waals surface area (Å²) in [5.74, 6) is 0.836. The van der Waals surface area contributed by atoms with Crippen LogP contribution in [0.1, 0.15) is 39.5 Å². The Labute approximate surface area is 169 Å². The first kappa shape index (κ1) is 20.6. The molecule has 0 saturated heterocycles. The second-order valence-corrected chi connectivity index (χ2v) is 8.72. The molecular weight excluding hydrogens is 375 g/mol. The minimum Gasteiger partial charge on any atom is -0.352 e. The normalized spacial score (nSPS) is 20.5. The summed E-state index contributed by atoms with van der Waals surface area (Å²) in [5, 5.41) is 11.8. The fourth-order valence-electron chi connectivity index (χ4n) is 3.45. The number of allylic oxidation sites excluding steroid dienone is 1. The second-order valence-electron chi connectivity index (χ2n) is 7.41.